The van der Waals surface area contributed by atoms with E-state index in [4.69, 9.17) is 9.47 Å². The van der Waals surface area contributed by atoms with Crippen LogP contribution in [0.5, 0.6) is 0 Å². The van der Waals surface area contributed by atoms with Crippen molar-refractivity contribution in [3.8, 4) is 0 Å². The molecule has 0 aromatic carbocycles. The quantitative estimate of drug-likeness (QED) is 0.695. The minimum absolute atomic E-state index is 0.203. The van der Waals surface area contributed by atoms with Crippen molar-refractivity contribution in [2.75, 3.05) is 6.61 Å². The van der Waals surface area contributed by atoms with Gasteiger partial charge in [-0.25, -0.2) is 0 Å². The molecule has 0 bridgehead atoms. The van der Waals surface area contributed by atoms with Crippen molar-refractivity contribution in [2.24, 2.45) is 5.41 Å². The molecule has 0 N–H and O–H groups in total. The van der Waals surface area contributed by atoms with Gasteiger partial charge in [0.15, 0.2) is 0 Å². The molecular weight excluding hydrogens is 220 g/mol. The van der Waals surface area contributed by atoms with Gasteiger partial charge in [0.25, 0.3) is 0 Å². The van der Waals surface area contributed by atoms with Crippen LogP contribution in [0.25, 0.3) is 0 Å². The average molecular weight is 242 g/mol. The maximum Gasteiger partial charge on any atom is 0.315 e. The number of hydrogen-bond donors (Lipinski definition) is 0. The number of carbonyl (C=O) groups excluding carboxylic acids is 2. The number of esters is 2. The molecule has 0 aromatic heterocycles. The van der Waals surface area contributed by atoms with E-state index in [0.29, 0.717) is 6.61 Å². The minimum atomic E-state index is -0.601. The lowest BCUT2D eigenvalue weighted by Gasteiger charge is -2.32. The fourth-order valence-corrected chi connectivity index (χ4v) is 2.75. The van der Waals surface area contributed by atoms with Gasteiger partial charge >= 0.3 is 11.9 Å². The van der Waals surface area contributed by atoms with E-state index < -0.39 is 5.41 Å². The van der Waals surface area contributed by atoms with Gasteiger partial charge in [-0.15, -0.1) is 0 Å². The van der Waals surface area contributed by atoms with Gasteiger partial charge in [0, 0.05) is 6.92 Å². The molecule has 98 valence electrons. The monoisotopic (exact) mass is 242 g/mol. The lowest BCUT2D eigenvalue weighted by atomic mass is 9.79. The largest absolute Gasteiger partial charge is 0.465 e. The molecular formula is C13H22O4. The summed E-state index contributed by atoms with van der Waals surface area (Å²) in [5, 5.41) is 0. The van der Waals surface area contributed by atoms with Crippen LogP contribution in [0.3, 0.4) is 0 Å². The topological polar surface area (TPSA) is 52.6 Å². The van der Waals surface area contributed by atoms with E-state index in [1.165, 1.54) is 6.92 Å². The molecule has 1 saturated carbocycles. The Morgan fingerprint density at radius 1 is 1.35 bits per heavy atom. The maximum absolute atomic E-state index is 12.1. The lowest BCUT2D eigenvalue weighted by molar-refractivity contribution is -0.170. The standard InChI is InChI=1S/C13H22O4/c1-4-8-13(12(15)16-5-2)9-6-7-11(13)17-10(3)14/h11H,4-9H2,1-3H3. The SMILES string of the molecule is CCCC1(C(=O)OCC)CCCC1OC(C)=O. The Bertz CT molecular complexity index is 287. The van der Waals surface area contributed by atoms with Crippen LogP contribution >= 0.6 is 0 Å². The van der Waals surface area contributed by atoms with Crippen LogP contribution < -0.4 is 0 Å². The van der Waals surface area contributed by atoms with Crippen molar-refractivity contribution in [1.29, 1.82) is 0 Å². The summed E-state index contributed by atoms with van der Waals surface area (Å²) in [5.41, 5.74) is -0.601. The van der Waals surface area contributed by atoms with Crippen LogP contribution in [0, 0.1) is 5.41 Å². The van der Waals surface area contributed by atoms with Gasteiger partial charge in [0.1, 0.15) is 11.5 Å². The number of carbonyl (C=O) groups is 2. The zero-order valence-corrected chi connectivity index (χ0v) is 11.0. The first-order valence-electron chi connectivity index (χ1n) is 6.41. The van der Waals surface area contributed by atoms with Gasteiger partial charge in [0.2, 0.25) is 0 Å². The van der Waals surface area contributed by atoms with E-state index in [0.717, 1.165) is 32.1 Å². The Balaban J connectivity index is 2.87. The molecule has 0 saturated heterocycles. The molecule has 2 atom stereocenters. The van der Waals surface area contributed by atoms with Crippen LogP contribution in [0.2, 0.25) is 0 Å². The molecule has 1 aliphatic carbocycles. The van der Waals surface area contributed by atoms with Crippen molar-refractivity contribution in [3.63, 3.8) is 0 Å². The molecule has 1 aliphatic rings. The second-order valence-electron chi connectivity index (χ2n) is 4.62. The molecule has 0 amide bonds. The average Bonchev–Trinajstić information content (AvgIpc) is 2.63. The Kier molecular flexibility index (Phi) is 4.97. The molecule has 2 unspecified atom stereocenters. The first-order valence-corrected chi connectivity index (χ1v) is 6.41. The van der Waals surface area contributed by atoms with E-state index in [-0.39, 0.29) is 18.0 Å². The second-order valence-corrected chi connectivity index (χ2v) is 4.62. The van der Waals surface area contributed by atoms with E-state index in [9.17, 15) is 9.59 Å². The highest BCUT2D eigenvalue weighted by Gasteiger charge is 2.51. The molecule has 4 nitrogen and oxygen atoms in total. The third-order valence-electron chi connectivity index (χ3n) is 3.39. The second kappa shape index (κ2) is 6.03. The van der Waals surface area contributed by atoms with Crippen molar-refractivity contribution < 1.29 is 19.1 Å². The van der Waals surface area contributed by atoms with Crippen molar-refractivity contribution in [3.05, 3.63) is 0 Å². The predicted molar refractivity (Wildman–Crippen MR) is 63.4 cm³/mol. The molecule has 1 fully saturated rings. The van der Waals surface area contributed by atoms with E-state index in [1.54, 1.807) is 6.92 Å². The fourth-order valence-electron chi connectivity index (χ4n) is 2.75. The normalized spacial score (nSPS) is 27.8. The molecule has 0 heterocycles. The Morgan fingerprint density at radius 3 is 2.59 bits per heavy atom. The lowest BCUT2D eigenvalue weighted by Crippen LogP contribution is -2.42. The molecule has 0 radical (unpaired) electrons. The molecule has 1 rings (SSSR count). The first kappa shape index (κ1) is 14.0. The summed E-state index contributed by atoms with van der Waals surface area (Å²) in [6.07, 6.45) is 3.74. The van der Waals surface area contributed by atoms with Gasteiger partial charge in [-0.05, 0) is 32.6 Å². The van der Waals surface area contributed by atoms with Gasteiger partial charge in [-0.2, -0.15) is 0 Å². The van der Waals surface area contributed by atoms with Gasteiger partial charge in [0.05, 0.1) is 6.61 Å². The van der Waals surface area contributed by atoms with Gasteiger partial charge < -0.3 is 9.47 Å². The van der Waals surface area contributed by atoms with E-state index >= 15 is 0 Å². The van der Waals surface area contributed by atoms with Gasteiger partial charge in [-0.3, -0.25) is 9.59 Å². The molecule has 17 heavy (non-hydrogen) atoms. The van der Waals surface area contributed by atoms with Crippen molar-refractivity contribution in [1.82, 2.24) is 0 Å². The summed E-state index contributed by atoms with van der Waals surface area (Å²) in [7, 11) is 0. The van der Waals surface area contributed by atoms with Gasteiger partial charge in [-0.1, -0.05) is 13.3 Å². The first-order chi connectivity index (χ1) is 8.06. The molecule has 0 aliphatic heterocycles. The maximum atomic E-state index is 12.1. The number of rotatable bonds is 5. The summed E-state index contributed by atoms with van der Waals surface area (Å²) in [6.45, 7) is 5.59. The number of ether oxygens (including phenoxy) is 2. The Labute approximate surface area is 103 Å². The Hall–Kier alpha value is -1.06. The molecule has 0 spiro atoms. The molecule has 4 heteroatoms. The predicted octanol–water partition coefficient (Wildman–Crippen LogP) is 2.45. The van der Waals surface area contributed by atoms with Crippen molar-refractivity contribution >= 4 is 11.9 Å². The van der Waals surface area contributed by atoms with Crippen LogP contribution in [-0.2, 0) is 19.1 Å². The van der Waals surface area contributed by atoms with E-state index in [1.807, 2.05) is 6.92 Å². The summed E-state index contributed by atoms with van der Waals surface area (Å²) in [6, 6.07) is 0. The summed E-state index contributed by atoms with van der Waals surface area (Å²) in [4.78, 5) is 23.2. The van der Waals surface area contributed by atoms with Crippen LogP contribution in [0.4, 0.5) is 0 Å². The summed E-state index contributed by atoms with van der Waals surface area (Å²) >= 11 is 0. The fraction of sp³-hybridized carbons (Fsp3) is 0.846. The minimum Gasteiger partial charge on any atom is -0.465 e. The molecule has 0 aromatic rings. The third kappa shape index (κ3) is 2.99. The summed E-state index contributed by atoms with van der Waals surface area (Å²) < 4.78 is 10.5. The smallest absolute Gasteiger partial charge is 0.315 e. The van der Waals surface area contributed by atoms with Crippen molar-refractivity contribution in [2.45, 2.75) is 59.0 Å². The van der Waals surface area contributed by atoms with Crippen LogP contribution in [-0.4, -0.2) is 24.6 Å². The van der Waals surface area contributed by atoms with E-state index in [2.05, 4.69) is 0 Å². The zero-order chi connectivity index (χ0) is 12.9. The third-order valence-corrected chi connectivity index (χ3v) is 3.39. The highest BCUT2D eigenvalue weighted by molar-refractivity contribution is 5.79. The summed E-state index contributed by atoms with van der Waals surface area (Å²) in [5.74, 6) is -0.521. The van der Waals surface area contributed by atoms with Crippen LogP contribution in [0.15, 0.2) is 0 Å². The van der Waals surface area contributed by atoms with Crippen LogP contribution in [0.1, 0.15) is 52.9 Å². The zero-order valence-electron chi connectivity index (χ0n) is 11.0. The highest BCUT2D eigenvalue weighted by atomic mass is 16.6. The highest BCUT2D eigenvalue weighted by Crippen LogP contribution is 2.45. The number of hydrogen-bond acceptors (Lipinski definition) is 4. The Morgan fingerprint density at radius 2 is 2.06 bits per heavy atom.